The highest BCUT2D eigenvalue weighted by atomic mass is 19.1. The van der Waals surface area contributed by atoms with E-state index in [1.165, 1.54) is 17.7 Å². The maximum atomic E-state index is 12.8. The first-order valence-corrected chi connectivity index (χ1v) is 6.18. The predicted octanol–water partition coefficient (Wildman–Crippen LogP) is 3.63. The molecule has 0 saturated carbocycles. The Kier molecular flexibility index (Phi) is 4.39. The number of hydrogen-bond donors (Lipinski definition) is 0. The second kappa shape index (κ2) is 6.23. The molecule has 0 saturated heterocycles. The van der Waals surface area contributed by atoms with Crippen LogP contribution in [0.25, 0.3) is 0 Å². The molecule has 0 spiro atoms. The first-order valence-electron chi connectivity index (χ1n) is 6.18. The van der Waals surface area contributed by atoms with Crippen LogP contribution in [-0.4, -0.2) is 14.2 Å². The Labute approximate surface area is 112 Å². The molecule has 0 atom stereocenters. The van der Waals surface area contributed by atoms with Crippen molar-refractivity contribution in [2.75, 3.05) is 14.2 Å². The lowest BCUT2D eigenvalue weighted by atomic mass is 10.0. The minimum absolute atomic E-state index is 0.199. The Hall–Kier alpha value is -2.03. The zero-order valence-electron chi connectivity index (χ0n) is 11.2. The summed E-state index contributed by atoms with van der Waals surface area (Å²) in [6, 6.07) is 12.5. The fourth-order valence-electron chi connectivity index (χ4n) is 1.98. The van der Waals surface area contributed by atoms with Crippen molar-refractivity contribution in [1.29, 1.82) is 0 Å². The summed E-state index contributed by atoms with van der Waals surface area (Å²) in [5, 5.41) is 0. The smallest absolute Gasteiger partial charge is 0.160 e. The molecule has 0 amide bonds. The molecule has 2 rings (SSSR count). The van der Waals surface area contributed by atoms with Gasteiger partial charge in [0.15, 0.2) is 11.5 Å². The van der Waals surface area contributed by atoms with E-state index >= 15 is 0 Å². The van der Waals surface area contributed by atoms with Crippen molar-refractivity contribution in [3.05, 3.63) is 59.4 Å². The number of ether oxygens (including phenoxy) is 2. The molecule has 2 aromatic carbocycles. The topological polar surface area (TPSA) is 18.5 Å². The highest BCUT2D eigenvalue weighted by Crippen LogP contribution is 2.28. The standard InChI is InChI=1S/C16H17FO2/c1-18-15-10-7-13(11-16(15)19-2)4-3-12-5-8-14(17)9-6-12/h5-11H,3-4H2,1-2H3. The molecular formula is C16H17FO2. The van der Waals surface area contributed by atoms with Gasteiger partial charge in [0.1, 0.15) is 5.82 Å². The maximum Gasteiger partial charge on any atom is 0.160 e. The van der Waals surface area contributed by atoms with Gasteiger partial charge >= 0.3 is 0 Å². The Balaban J connectivity index is 2.05. The molecule has 0 heterocycles. The van der Waals surface area contributed by atoms with E-state index in [0.29, 0.717) is 0 Å². The fourth-order valence-corrected chi connectivity index (χ4v) is 1.98. The van der Waals surface area contributed by atoms with Crippen molar-refractivity contribution in [2.24, 2.45) is 0 Å². The lowest BCUT2D eigenvalue weighted by molar-refractivity contribution is 0.354. The third-order valence-corrected chi connectivity index (χ3v) is 3.06. The Morgan fingerprint density at radius 3 is 2.00 bits per heavy atom. The van der Waals surface area contributed by atoms with Gasteiger partial charge in [0.25, 0.3) is 0 Å². The zero-order valence-corrected chi connectivity index (χ0v) is 11.2. The summed E-state index contributed by atoms with van der Waals surface area (Å²) < 4.78 is 23.3. The van der Waals surface area contributed by atoms with E-state index in [9.17, 15) is 4.39 Å². The fraction of sp³-hybridized carbons (Fsp3) is 0.250. The van der Waals surface area contributed by atoms with E-state index in [4.69, 9.17) is 9.47 Å². The van der Waals surface area contributed by atoms with Crippen molar-refractivity contribution in [3.63, 3.8) is 0 Å². The van der Waals surface area contributed by atoms with Gasteiger partial charge in [0.05, 0.1) is 14.2 Å². The molecule has 0 aliphatic carbocycles. The van der Waals surface area contributed by atoms with Gasteiger partial charge in [-0.05, 0) is 48.2 Å². The summed E-state index contributed by atoms with van der Waals surface area (Å²) in [5.41, 5.74) is 2.29. The van der Waals surface area contributed by atoms with Crippen LogP contribution < -0.4 is 9.47 Å². The maximum absolute atomic E-state index is 12.8. The Bertz CT molecular complexity index is 535. The third kappa shape index (κ3) is 3.47. The Morgan fingerprint density at radius 2 is 1.37 bits per heavy atom. The molecule has 3 heteroatoms. The molecule has 19 heavy (non-hydrogen) atoms. The number of methoxy groups -OCH3 is 2. The van der Waals surface area contributed by atoms with Crippen LogP contribution in [0.2, 0.25) is 0 Å². The van der Waals surface area contributed by atoms with E-state index < -0.39 is 0 Å². The van der Waals surface area contributed by atoms with Gasteiger partial charge in [0.2, 0.25) is 0 Å². The summed E-state index contributed by atoms with van der Waals surface area (Å²) in [6.45, 7) is 0. The summed E-state index contributed by atoms with van der Waals surface area (Å²) in [7, 11) is 3.25. The van der Waals surface area contributed by atoms with Gasteiger partial charge < -0.3 is 9.47 Å². The van der Waals surface area contributed by atoms with Crippen LogP contribution in [0.4, 0.5) is 4.39 Å². The number of hydrogen-bond acceptors (Lipinski definition) is 2. The van der Waals surface area contributed by atoms with E-state index in [-0.39, 0.29) is 5.82 Å². The second-order valence-corrected chi connectivity index (χ2v) is 4.32. The molecule has 0 aliphatic heterocycles. The number of benzene rings is 2. The van der Waals surface area contributed by atoms with Crippen LogP contribution in [0.15, 0.2) is 42.5 Å². The molecule has 100 valence electrons. The van der Waals surface area contributed by atoms with Gasteiger partial charge in [-0.3, -0.25) is 0 Å². The zero-order chi connectivity index (χ0) is 13.7. The molecule has 2 nitrogen and oxygen atoms in total. The van der Waals surface area contributed by atoms with Gasteiger partial charge in [-0.2, -0.15) is 0 Å². The largest absolute Gasteiger partial charge is 0.493 e. The molecular weight excluding hydrogens is 243 g/mol. The normalized spacial score (nSPS) is 10.3. The monoisotopic (exact) mass is 260 g/mol. The van der Waals surface area contributed by atoms with Gasteiger partial charge in [-0.25, -0.2) is 4.39 Å². The predicted molar refractivity (Wildman–Crippen MR) is 73.4 cm³/mol. The van der Waals surface area contributed by atoms with Gasteiger partial charge in [0, 0.05) is 0 Å². The van der Waals surface area contributed by atoms with Crippen LogP contribution in [0, 0.1) is 5.82 Å². The van der Waals surface area contributed by atoms with E-state index in [1.54, 1.807) is 14.2 Å². The van der Waals surface area contributed by atoms with Crippen molar-refractivity contribution >= 4 is 0 Å². The molecule has 0 bridgehead atoms. The molecule has 0 unspecified atom stereocenters. The summed E-state index contributed by atoms with van der Waals surface area (Å²) in [4.78, 5) is 0. The highest BCUT2D eigenvalue weighted by Gasteiger charge is 2.04. The quantitative estimate of drug-likeness (QED) is 0.817. The number of halogens is 1. The highest BCUT2D eigenvalue weighted by molar-refractivity contribution is 5.43. The second-order valence-electron chi connectivity index (χ2n) is 4.32. The summed E-state index contributed by atoms with van der Waals surface area (Å²) in [5.74, 6) is 1.27. The molecule has 0 aliphatic rings. The van der Waals surface area contributed by atoms with Crippen LogP contribution in [0.5, 0.6) is 11.5 Å². The van der Waals surface area contributed by atoms with E-state index in [1.807, 2.05) is 30.3 Å². The van der Waals surface area contributed by atoms with Crippen LogP contribution >= 0.6 is 0 Å². The molecule has 0 aromatic heterocycles. The van der Waals surface area contributed by atoms with Crippen molar-refractivity contribution in [2.45, 2.75) is 12.8 Å². The van der Waals surface area contributed by atoms with Crippen molar-refractivity contribution in [1.82, 2.24) is 0 Å². The third-order valence-electron chi connectivity index (χ3n) is 3.06. The van der Waals surface area contributed by atoms with Gasteiger partial charge in [-0.1, -0.05) is 18.2 Å². The molecule has 0 radical (unpaired) electrons. The molecule has 2 aromatic rings. The lowest BCUT2D eigenvalue weighted by Gasteiger charge is -2.09. The van der Waals surface area contributed by atoms with Crippen LogP contribution in [0.3, 0.4) is 0 Å². The number of rotatable bonds is 5. The first-order chi connectivity index (χ1) is 9.22. The lowest BCUT2D eigenvalue weighted by Crippen LogP contribution is -1.95. The average Bonchev–Trinajstić information content (AvgIpc) is 2.46. The first kappa shape index (κ1) is 13.4. The van der Waals surface area contributed by atoms with E-state index in [2.05, 4.69) is 0 Å². The van der Waals surface area contributed by atoms with Crippen LogP contribution in [-0.2, 0) is 12.8 Å². The molecule has 0 N–H and O–H groups in total. The van der Waals surface area contributed by atoms with Crippen LogP contribution in [0.1, 0.15) is 11.1 Å². The number of aryl methyl sites for hydroxylation is 2. The summed E-state index contributed by atoms with van der Waals surface area (Å²) >= 11 is 0. The van der Waals surface area contributed by atoms with Crippen molar-refractivity contribution in [3.8, 4) is 11.5 Å². The molecule has 0 fully saturated rings. The van der Waals surface area contributed by atoms with E-state index in [0.717, 1.165) is 29.9 Å². The minimum atomic E-state index is -0.199. The van der Waals surface area contributed by atoms with Gasteiger partial charge in [-0.15, -0.1) is 0 Å². The van der Waals surface area contributed by atoms with Crippen molar-refractivity contribution < 1.29 is 13.9 Å². The SMILES string of the molecule is COc1ccc(CCc2ccc(F)cc2)cc1OC. The Morgan fingerprint density at radius 1 is 0.789 bits per heavy atom. The average molecular weight is 260 g/mol. The summed E-state index contributed by atoms with van der Waals surface area (Å²) in [6.07, 6.45) is 1.75. The minimum Gasteiger partial charge on any atom is -0.493 e.